The number of fused-ring (bicyclic) bond motifs is 1. The minimum absolute atomic E-state index is 0.240. The highest BCUT2D eigenvalue weighted by molar-refractivity contribution is 5.88. The van der Waals surface area contributed by atoms with Gasteiger partial charge in [-0.1, -0.05) is 6.92 Å². The van der Waals surface area contributed by atoms with Crippen molar-refractivity contribution in [2.75, 3.05) is 27.3 Å². The Morgan fingerprint density at radius 2 is 2.03 bits per heavy atom. The lowest BCUT2D eigenvalue weighted by atomic mass is 10.00. The number of ether oxygens (including phenoxy) is 2. The van der Waals surface area contributed by atoms with Crippen LogP contribution in [-0.4, -0.2) is 52.5 Å². The minimum Gasteiger partial charge on any atom is -0.493 e. The monoisotopic (exact) mass is 434 g/mol. The summed E-state index contributed by atoms with van der Waals surface area (Å²) < 4.78 is 16.8. The van der Waals surface area contributed by atoms with Gasteiger partial charge in [0.15, 0.2) is 11.5 Å². The van der Waals surface area contributed by atoms with E-state index in [1.54, 1.807) is 20.4 Å². The van der Waals surface area contributed by atoms with Gasteiger partial charge in [0.05, 0.1) is 37.1 Å². The summed E-state index contributed by atoms with van der Waals surface area (Å²) in [5.74, 6) is 3.03. The maximum atomic E-state index is 5.95. The maximum Gasteiger partial charge on any atom is 0.285 e. The largest absolute Gasteiger partial charge is 0.493 e. The summed E-state index contributed by atoms with van der Waals surface area (Å²) in [7, 11) is 3.26. The van der Waals surface area contributed by atoms with E-state index in [9.17, 15) is 0 Å². The molecule has 0 bridgehead atoms. The Kier molecular flexibility index (Phi) is 5.48. The summed E-state index contributed by atoms with van der Waals surface area (Å²) >= 11 is 0. The Morgan fingerprint density at radius 1 is 1.16 bits per heavy atom. The number of hydrogen-bond acceptors (Lipinski definition) is 8. The number of nitrogens with zero attached hydrogens (tertiary/aromatic N) is 4. The van der Waals surface area contributed by atoms with E-state index in [4.69, 9.17) is 18.9 Å². The molecule has 4 aromatic rings. The van der Waals surface area contributed by atoms with Crippen LogP contribution in [0.25, 0.3) is 34.0 Å². The SMILES string of the molecule is CCc1c(-c2ccc(OC)c(OC)c2)[nH]c2cnc(-c3nnc([C@H]4CCCNC4)o3)nc12. The van der Waals surface area contributed by atoms with E-state index in [1.165, 1.54) is 0 Å². The van der Waals surface area contributed by atoms with Gasteiger partial charge in [-0.3, -0.25) is 0 Å². The Hall–Kier alpha value is -3.46. The van der Waals surface area contributed by atoms with Crippen LogP contribution in [0.3, 0.4) is 0 Å². The van der Waals surface area contributed by atoms with Crippen LogP contribution < -0.4 is 14.8 Å². The van der Waals surface area contributed by atoms with Crippen LogP contribution in [0.5, 0.6) is 11.5 Å². The normalized spacial score (nSPS) is 16.4. The van der Waals surface area contributed by atoms with Gasteiger partial charge in [0, 0.05) is 23.6 Å². The molecule has 1 fully saturated rings. The van der Waals surface area contributed by atoms with Crippen LogP contribution in [0.4, 0.5) is 0 Å². The number of nitrogens with one attached hydrogen (secondary N) is 2. The molecule has 32 heavy (non-hydrogen) atoms. The Bertz CT molecular complexity index is 1240. The number of aromatic amines is 1. The lowest BCUT2D eigenvalue weighted by Gasteiger charge is -2.18. The molecule has 9 heteroatoms. The fourth-order valence-corrected chi connectivity index (χ4v) is 4.27. The third-order valence-electron chi connectivity index (χ3n) is 5.94. The summed E-state index contributed by atoms with van der Waals surface area (Å²) in [6, 6.07) is 5.86. The van der Waals surface area contributed by atoms with Crippen LogP contribution in [0.1, 0.15) is 37.1 Å². The third-order valence-corrected chi connectivity index (χ3v) is 5.94. The van der Waals surface area contributed by atoms with Crippen molar-refractivity contribution in [1.29, 1.82) is 0 Å². The average molecular weight is 435 g/mol. The van der Waals surface area contributed by atoms with Crippen molar-refractivity contribution in [3.05, 3.63) is 35.9 Å². The quantitative estimate of drug-likeness (QED) is 0.472. The van der Waals surface area contributed by atoms with Crippen molar-refractivity contribution in [3.63, 3.8) is 0 Å². The van der Waals surface area contributed by atoms with Crippen molar-refractivity contribution in [2.24, 2.45) is 0 Å². The zero-order chi connectivity index (χ0) is 22.1. The number of methoxy groups -OCH3 is 2. The van der Waals surface area contributed by atoms with Crippen molar-refractivity contribution in [1.82, 2.24) is 30.5 Å². The minimum atomic E-state index is 0.240. The summed E-state index contributed by atoms with van der Waals surface area (Å²) in [5, 5.41) is 11.9. The van der Waals surface area contributed by atoms with E-state index >= 15 is 0 Å². The smallest absolute Gasteiger partial charge is 0.285 e. The third kappa shape index (κ3) is 3.58. The van der Waals surface area contributed by atoms with Crippen LogP contribution in [0, 0.1) is 0 Å². The van der Waals surface area contributed by atoms with Crippen LogP contribution in [-0.2, 0) is 6.42 Å². The molecule has 4 heterocycles. The van der Waals surface area contributed by atoms with Gasteiger partial charge in [0.25, 0.3) is 5.89 Å². The molecule has 0 radical (unpaired) electrons. The first-order chi connectivity index (χ1) is 15.7. The molecule has 166 valence electrons. The molecular formula is C23H26N6O3. The van der Waals surface area contributed by atoms with Crippen molar-refractivity contribution >= 4 is 11.0 Å². The molecule has 1 atom stereocenters. The zero-order valence-corrected chi connectivity index (χ0v) is 18.4. The molecule has 1 saturated heterocycles. The molecule has 0 saturated carbocycles. The first-order valence-corrected chi connectivity index (χ1v) is 10.9. The zero-order valence-electron chi connectivity index (χ0n) is 18.4. The highest BCUT2D eigenvalue weighted by atomic mass is 16.5. The van der Waals surface area contributed by atoms with Gasteiger partial charge in [-0.2, -0.15) is 0 Å². The van der Waals surface area contributed by atoms with Gasteiger partial charge in [0.2, 0.25) is 11.7 Å². The number of H-pyrrole nitrogens is 1. The molecule has 3 aromatic heterocycles. The molecule has 5 rings (SSSR count). The molecular weight excluding hydrogens is 408 g/mol. The first-order valence-electron chi connectivity index (χ1n) is 10.9. The second-order valence-corrected chi connectivity index (χ2v) is 7.85. The van der Waals surface area contributed by atoms with Crippen molar-refractivity contribution in [2.45, 2.75) is 32.1 Å². The van der Waals surface area contributed by atoms with Gasteiger partial charge < -0.3 is 24.2 Å². The number of aromatic nitrogens is 5. The number of hydrogen-bond donors (Lipinski definition) is 2. The molecule has 9 nitrogen and oxygen atoms in total. The maximum absolute atomic E-state index is 5.95. The second kappa shape index (κ2) is 8.58. The topological polar surface area (TPSA) is 111 Å². The summed E-state index contributed by atoms with van der Waals surface area (Å²) in [4.78, 5) is 12.7. The molecule has 0 amide bonds. The van der Waals surface area contributed by atoms with Gasteiger partial charge in [-0.05, 0) is 44.0 Å². The summed E-state index contributed by atoms with van der Waals surface area (Å²) in [6.45, 7) is 4.00. The van der Waals surface area contributed by atoms with Gasteiger partial charge in [-0.15, -0.1) is 10.2 Å². The van der Waals surface area contributed by atoms with E-state index in [0.29, 0.717) is 29.1 Å². The van der Waals surface area contributed by atoms with E-state index in [-0.39, 0.29) is 5.92 Å². The van der Waals surface area contributed by atoms with Crippen LogP contribution in [0.15, 0.2) is 28.8 Å². The fourth-order valence-electron chi connectivity index (χ4n) is 4.27. The van der Waals surface area contributed by atoms with Gasteiger partial charge >= 0.3 is 0 Å². The number of aryl methyl sites for hydroxylation is 1. The standard InChI is InChI=1S/C23H26N6O3/c1-4-15-19(13-7-8-17(30-2)18(10-13)31-3)26-16-12-25-21(27-20(15)16)23-29-28-22(32-23)14-6-5-9-24-11-14/h7-8,10,12,14,24,26H,4-6,9,11H2,1-3H3/t14-/m0/s1. The lowest BCUT2D eigenvalue weighted by Crippen LogP contribution is -2.28. The predicted octanol–water partition coefficient (Wildman–Crippen LogP) is 3.72. The highest BCUT2D eigenvalue weighted by Gasteiger charge is 2.23. The average Bonchev–Trinajstić information content (AvgIpc) is 3.48. The highest BCUT2D eigenvalue weighted by Crippen LogP contribution is 2.36. The van der Waals surface area contributed by atoms with E-state index in [2.05, 4.69) is 32.4 Å². The molecule has 1 aromatic carbocycles. The molecule has 0 unspecified atom stereocenters. The first kappa shape index (κ1) is 20.4. The summed E-state index contributed by atoms with van der Waals surface area (Å²) in [5.41, 5.74) is 4.76. The fraction of sp³-hybridized carbons (Fsp3) is 0.391. The number of benzene rings is 1. The number of piperidine rings is 1. The van der Waals surface area contributed by atoms with E-state index < -0.39 is 0 Å². The summed E-state index contributed by atoms with van der Waals surface area (Å²) in [6.07, 6.45) is 4.71. The van der Waals surface area contributed by atoms with Gasteiger partial charge in [0.1, 0.15) is 0 Å². The Morgan fingerprint density at radius 3 is 2.78 bits per heavy atom. The van der Waals surface area contributed by atoms with Gasteiger partial charge in [-0.25, -0.2) is 9.97 Å². The molecule has 0 spiro atoms. The molecule has 2 N–H and O–H groups in total. The van der Waals surface area contributed by atoms with Crippen LogP contribution >= 0.6 is 0 Å². The van der Waals surface area contributed by atoms with Crippen LogP contribution in [0.2, 0.25) is 0 Å². The van der Waals surface area contributed by atoms with E-state index in [1.807, 2.05) is 18.2 Å². The predicted molar refractivity (Wildman–Crippen MR) is 120 cm³/mol. The lowest BCUT2D eigenvalue weighted by molar-refractivity contribution is 0.355. The molecule has 0 aliphatic carbocycles. The van der Waals surface area contributed by atoms with E-state index in [0.717, 1.165) is 60.2 Å². The second-order valence-electron chi connectivity index (χ2n) is 7.85. The number of rotatable bonds is 6. The molecule has 1 aliphatic heterocycles. The Balaban J connectivity index is 1.53. The van der Waals surface area contributed by atoms with Crippen molar-refractivity contribution in [3.8, 4) is 34.5 Å². The molecule has 1 aliphatic rings. The Labute approximate surface area is 185 Å². The van der Waals surface area contributed by atoms with Crippen molar-refractivity contribution < 1.29 is 13.9 Å².